The maximum absolute atomic E-state index is 9.11. The standard InChI is InChI=1S/C15H17N3O/c1-12(2)10-19-15-6-5-13(8-14(15)9-16)4-3-7-18-11-17/h3-8,11-12,17H,10H2,1-2H3/b4-3+,17-11?,18-7?. The van der Waals surface area contributed by atoms with E-state index < -0.39 is 0 Å². The lowest BCUT2D eigenvalue weighted by molar-refractivity contribution is 0.270. The summed E-state index contributed by atoms with van der Waals surface area (Å²) in [5.41, 5.74) is 1.41. The molecule has 0 unspecified atom stereocenters. The van der Waals surface area contributed by atoms with Crippen molar-refractivity contribution in [2.24, 2.45) is 10.9 Å². The molecule has 0 amide bonds. The lowest BCUT2D eigenvalue weighted by Gasteiger charge is -2.10. The van der Waals surface area contributed by atoms with Gasteiger partial charge in [0.05, 0.1) is 12.2 Å². The van der Waals surface area contributed by atoms with E-state index in [2.05, 4.69) is 24.9 Å². The molecular weight excluding hydrogens is 238 g/mol. The lowest BCUT2D eigenvalue weighted by Crippen LogP contribution is -2.05. The van der Waals surface area contributed by atoms with Crippen LogP contribution in [0.3, 0.4) is 0 Å². The summed E-state index contributed by atoms with van der Waals surface area (Å²) < 4.78 is 5.58. The van der Waals surface area contributed by atoms with E-state index in [9.17, 15) is 0 Å². The van der Waals surface area contributed by atoms with Crippen molar-refractivity contribution in [3.05, 3.63) is 35.4 Å². The highest BCUT2D eigenvalue weighted by Gasteiger charge is 2.04. The van der Waals surface area contributed by atoms with E-state index in [1.54, 1.807) is 18.2 Å². The van der Waals surface area contributed by atoms with E-state index in [4.69, 9.17) is 15.4 Å². The van der Waals surface area contributed by atoms with Crippen LogP contribution in [0.2, 0.25) is 0 Å². The number of nitrogens with one attached hydrogen (secondary N) is 1. The Morgan fingerprint density at radius 3 is 2.89 bits per heavy atom. The summed E-state index contributed by atoms with van der Waals surface area (Å²) in [5.74, 6) is 1.03. The summed E-state index contributed by atoms with van der Waals surface area (Å²) in [6, 6.07) is 7.58. The number of hydrogen-bond donors (Lipinski definition) is 1. The van der Waals surface area contributed by atoms with Crippen molar-refractivity contribution >= 4 is 18.6 Å². The van der Waals surface area contributed by atoms with Crippen LogP contribution in [-0.2, 0) is 0 Å². The van der Waals surface area contributed by atoms with Gasteiger partial charge in [0.15, 0.2) is 0 Å². The molecule has 0 aliphatic rings. The van der Waals surface area contributed by atoms with Crippen molar-refractivity contribution in [3.63, 3.8) is 0 Å². The van der Waals surface area contributed by atoms with E-state index in [1.165, 1.54) is 6.21 Å². The first-order chi connectivity index (χ1) is 9.17. The molecule has 0 spiro atoms. The molecule has 1 rings (SSSR count). The predicted molar refractivity (Wildman–Crippen MR) is 77.8 cm³/mol. The van der Waals surface area contributed by atoms with Gasteiger partial charge in [-0.05, 0) is 29.7 Å². The van der Waals surface area contributed by atoms with Crippen LogP contribution >= 0.6 is 0 Å². The molecule has 19 heavy (non-hydrogen) atoms. The first-order valence-electron chi connectivity index (χ1n) is 6.03. The third-order valence-corrected chi connectivity index (χ3v) is 2.23. The molecule has 0 aromatic heterocycles. The third kappa shape index (κ3) is 5.17. The summed E-state index contributed by atoms with van der Waals surface area (Å²) >= 11 is 0. The highest BCUT2D eigenvalue weighted by molar-refractivity contribution is 5.83. The van der Waals surface area contributed by atoms with Gasteiger partial charge in [0.1, 0.15) is 18.2 Å². The Labute approximate surface area is 113 Å². The molecule has 4 nitrogen and oxygen atoms in total. The van der Waals surface area contributed by atoms with Gasteiger partial charge in [-0.1, -0.05) is 26.0 Å². The maximum Gasteiger partial charge on any atom is 0.137 e. The number of aliphatic imine (C=N–C) groups is 1. The minimum atomic E-state index is 0.420. The van der Waals surface area contributed by atoms with Crippen molar-refractivity contribution in [3.8, 4) is 11.8 Å². The van der Waals surface area contributed by atoms with Crippen LogP contribution in [0.15, 0.2) is 29.3 Å². The van der Waals surface area contributed by atoms with Crippen molar-refractivity contribution in [1.82, 2.24) is 0 Å². The normalized spacial score (nSPS) is 11.1. The second-order valence-corrected chi connectivity index (χ2v) is 4.36. The van der Waals surface area contributed by atoms with Crippen molar-refractivity contribution in [2.75, 3.05) is 6.61 Å². The monoisotopic (exact) mass is 255 g/mol. The number of nitrogens with zero attached hydrogens (tertiary/aromatic N) is 2. The number of rotatable bonds is 6. The van der Waals surface area contributed by atoms with Gasteiger partial charge in [-0.25, -0.2) is 4.99 Å². The average Bonchev–Trinajstić information content (AvgIpc) is 2.41. The maximum atomic E-state index is 9.11. The van der Waals surface area contributed by atoms with E-state index in [-0.39, 0.29) is 0 Å². The largest absolute Gasteiger partial charge is 0.492 e. The van der Waals surface area contributed by atoms with Crippen LogP contribution in [0.5, 0.6) is 5.75 Å². The summed E-state index contributed by atoms with van der Waals surface area (Å²) in [6.07, 6.45) is 6.02. The Bertz CT molecular complexity index is 525. The number of benzene rings is 1. The molecule has 0 heterocycles. The zero-order chi connectivity index (χ0) is 14.1. The first-order valence-corrected chi connectivity index (χ1v) is 6.03. The molecule has 98 valence electrons. The van der Waals surface area contributed by atoms with E-state index in [0.717, 1.165) is 11.9 Å². The lowest BCUT2D eigenvalue weighted by atomic mass is 10.1. The van der Waals surface area contributed by atoms with Crippen molar-refractivity contribution < 1.29 is 4.74 Å². The predicted octanol–water partition coefficient (Wildman–Crippen LogP) is 3.28. The minimum absolute atomic E-state index is 0.420. The van der Waals surface area contributed by atoms with Gasteiger partial charge in [0, 0.05) is 6.21 Å². The molecule has 0 radical (unpaired) electrons. The van der Waals surface area contributed by atoms with Gasteiger partial charge in [0.25, 0.3) is 0 Å². The second kappa shape index (κ2) is 7.83. The number of ether oxygens (including phenoxy) is 1. The summed E-state index contributed by atoms with van der Waals surface area (Å²) in [6.45, 7) is 4.72. The smallest absolute Gasteiger partial charge is 0.137 e. The average molecular weight is 255 g/mol. The van der Waals surface area contributed by atoms with Crippen LogP contribution in [0, 0.1) is 22.7 Å². The molecule has 0 aliphatic heterocycles. The van der Waals surface area contributed by atoms with Gasteiger partial charge < -0.3 is 4.74 Å². The Hall–Kier alpha value is -2.41. The molecule has 1 aromatic carbocycles. The van der Waals surface area contributed by atoms with Gasteiger partial charge in [-0.15, -0.1) is 0 Å². The molecular formula is C15H17N3O. The van der Waals surface area contributed by atoms with Crippen molar-refractivity contribution in [2.45, 2.75) is 13.8 Å². The first kappa shape index (κ1) is 14.7. The summed E-state index contributed by atoms with van der Waals surface area (Å²) in [5, 5.41) is 15.8. The fourth-order valence-corrected chi connectivity index (χ4v) is 1.37. The molecule has 1 N–H and O–H groups in total. The SMILES string of the molecule is CC(C)COc1ccc(/C=C/C=NC=N)cc1C#N. The molecule has 0 bridgehead atoms. The van der Waals surface area contributed by atoms with Gasteiger partial charge in [0.2, 0.25) is 0 Å². The summed E-state index contributed by atoms with van der Waals surface area (Å²) in [7, 11) is 0. The van der Waals surface area contributed by atoms with E-state index in [1.807, 2.05) is 12.1 Å². The van der Waals surface area contributed by atoms with E-state index in [0.29, 0.717) is 23.8 Å². The fourth-order valence-electron chi connectivity index (χ4n) is 1.37. The number of nitriles is 1. The van der Waals surface area contributed by atoms with Gasteiger partial charge >= 0.3 is 0 Å². The zero-order valence-electron chi connectivity index (χ0n) is 11.1. The van der Waals surface area contributed by atoms with Crippen LogP contribution in [0.1, 0.15) is 25.0 Å². The van der Waals surface area contributed by atoms with Crippen LogP contribution in [0.4, 0.5) is 0 Å². The van der Waals surface area contributed by atoms with Gasteiger partial charge in [-0.2, -0.15) is 5.26 Å². The highest BCUT2D eigenvalue weighted by Crippen LogP contribution is 2.20. The second-order valence-electron chi connectivity index (χ2n) is 4.36. The third-order valence-electron chi connectivity index (χ3n) is 2.23. The molecule has 0 fully saturated rings. The number of allylic oxidation sites excluding steroid dienone is 1. The molecule has 0 aliphatic carbocycles. The Morgan fingerprint density at radius 2 is 2.26 bits per heavy atom. The van der Waals surface area contributed by atoms with Crippen LogP contribution in [0.25, 0.3) is 6.08 Å². The van der Waals surface area contributed by atoms with E-state index >= 15 is 0 Å². The van der Waals surface area contributed by atoms with Crippen LogP contribution in [-0.4, -0.2) is 19.2 Å². The number of hydrogen-bond acceptors (Lipinski definition) is 3. The fraction of sp³-hybridized carbons (Fsp3) is 0.267. The van der Waals surface area contributed by atoms with Gasteiger partial charge in [-0.3, -0.25) is 5.41 Å². The quantitative estimate of drug-likeness (QED) is 0.626. The highest BCUT2D eigenvalue weighted by atomic mass is 16.5. The zero-order valence-corrected chi connectivity index (χ0v) is 11.1. The minimum Gasteiger partial charge on any atom is -0.492 e. The molecule has 1 aromatic rings. The Balaban J connectivity index is 2.84. The molecule has 4 heteroatoms. The topological polar surface area (TPSA) is 69.2 Å². The Kier molecular flexibility index (Phi) is 6.04. The Morgan fingerprint density at radius 1 is 1.47 bits per heavy atom. The summed E-state index contributed by atoms with van der Waals surface area (Å²) in [4.78, 5) is 3.64. The molecule has 0 saturated carbocycles. The van der Waals surface area contributed by atoms with Crippen molar-refractivity contribution in [1.29, 1.82) is 10.7 Å². The van der Waals surface area contributed by atoms with Crippen LogP contribution < -0.4 is 4.74 Å². The molecule has 0 saturated heterocycles. The molecule has 0 atom stereocenters.